The monoisotopic (exact) mass is 315 g/mol. The summed E-state index contributed by atoms with van der Waals surface area (Å²) in [6, 6.07) is 2.14. The number of benzene rings is 1. The van der Waals surface area contributed by atoms with E-state index in [4.69, 9.17) is 0 Å². The van der Waals surface area contributed by atoms with Crippen LogP contribution in [0.3, 0.4) is 0 Å². The van der Waals surface area contributed by atoms with Gasteiger partial charge >= 0.3 is 0 Å². The first-order valence-corrected chi connectivity index (χ1v) is 6.22. The van der Waals surface area contributed by atoms with Gasteiger partial charge in [0, 0.05) is 23.2 Å². The Hall–Kier alpha value is -1.23. The van der Waals surface area contributed by atoms with Crippen molar-refractivity contribution in [3.63, 3.8) is 0 Å². The van der Waals surface area contributed by atoms with Crippen molar-refractivity contribution in [2.24, 2.45) is 0 Å². The van der Waals surface area contributed by atoms with Crippen LogP contribution in [0.4, 0.5) is 8.78 Å². The summed E-state index contributed by atoms with van der Waals surface area (Å²) in [5.41, 5.74) is -0.0854. The minimum atomic E-state index is -0.783. The molecule has 1 aromatic heterocycles. The summed E-state index contributed by atoms with van der Waals surface area (Å²) in [5.74, 6) is -1.55. The summed E-state index contributed by atoms with van der Waals surface area (Å²) in [7, 11) is 0. The summed E-state index contributed by atoms with van der Waals surface area (Å²) >= 11 is 2.98. The van der Waals surface area contributed by atoms with Crippen LogP contribution in [0.15, 0.2) is 21.4 Å². The van der Waals surface area contributed by atoms with Crippen molar-refractivity contribution in [1.82, 2.24) is 4.98 Å². The van der Waals surface area contributed by atoms with E-state index in [2.05, 4.69) is 20.9 Å². The molecule has 96 valence electrons. The van der Waals surface area contributed by atoms with Crippen molar-refractivity contribution in [2.75, 3.05) is 0 Å². The number of pyridine rings is 1. The second-order valence-corrected chi connectivity index (χ2v) is 5.99. The highest BCUT2D eigenvalue weighted by atomic mass is 79.9. The number of H-pyrrole nitrogens is 1. The van der Waals surface area contributed by atoms with Crippen molar-refractivity contribution < 1.29 is 8.78 Å². The number of hydrogen-bond donors (Lipinski definition) is 1. The van der Waals surface area contributed by atoms with Crippen LogP contribution in [0.1, 0.15) is 26.5 Å². The molecular weight excluding hydrogens is 304 g/mol. The van der Waals surface area contributed by atoms with Crippen LogP contribution in [0, 0.1) is 11.6 Å². The Morgan fingerprint density at radius 3 is 2.33 bits per heavy atom. The predicted molar refractivity (Wildman–Crippen MR) is 70.9 cm³/mol. The molecule has 2 rings (SSSR count). The summed E-state index contributed by atoms with van der Waals surface area (Å²) in [5, 5.41) is 0.000463. The molecule has 18 heavy (non-hydrogen) atoms. The first-order chi connectivity index (χ1) is 8.21. The van der Waals surface area contributed by atoms with Gasteiger partial charge in [-0.2, -0.15) is 0 Å². The average Bonchev–Trinajstić information content (AvgIpc) is 2.24. The molecule has 0 unspecified atom stereocenters. The fraction of sp³-hybridized carbons (Fsp3) is 0.308. The number of aromatic amines is 1. The van der Waals surface area contributed by atoms with Gasteiger partial charge < -0.3 is 4.98 Å². The molecule has 2 aromatic rings. The number of halogens is 3. The molecule has 0 aliphatic rings. The summed E-state index contributed by atoms with van der Waals surface area (Å²) in [4.78, 5) is 14.9. The maximum Gasteiger partial charge on any atom is 0.191 e. The van der Waals surface area contributed by atoms with Gasteiger partial charge in [-0.25, -0.2) is 8.78 Å². The number of hydrogen-bond acceptors (Lipinski definition) is 1. The minimum absolute atomic E-state index is 0.000463. The molecule has 0 bridgehead atoms. The van der Waals surface area contributed by atoms with E-state index in [9.17, 15) is 13.6 Å². The fourth-order valence-electron chi connectivity index (χ4n) is 1.73. The van der Waals surface area contributed by atoms with Crippen LogP contribution in [0.2, 0.25) is 0 Å². The standard InChI is InChI=1S/C13H12BrF2NO/c1-13(2,3)9-5-8(18)10-11(14)6(15)4-7(16)12(10)17-9/h4-5H,1-3H3,(H,17,18). The molecule has 1 N–H and O–H groups in total. The molecule has 0 spiro atoms. The summed E-state index contributed by atoms with van der Waals surface area (Å²) < 4.78 is 27.1. The van der Waals surface area contributed by atoms with Gasteiger partial charge in [0.25, 0.3) is 0 Å². The first-order valence-electron chi connectivity index (χ1n) is 5.43. The SMILES string of the molecule is CC(C)(C)c1cc(=O)c2c(Br)c(F)cc(F)c2[nH]1. The lowest BCUT2D eigenvalue weighted by molar-refractivity contribution is 0.564. The molecule has 0 atom stereocenters. The third-order valence-corrected chi connectivity index (χ3v) is 3.54. The lowest BCUT2D eigenvalue weighted by atomic mass is 9.91. The maximum atomic E-state index is 13.7. The maximum absolute atomic E-state index is 13.7. The topological polar surface area (TPSA) is 32.9 Å². The van der Waals surface area contributed by atoms with Gasteiger partial charge in [-0.15, -0.1) is 0 Å². The Morgan fingerprint density at radius 1 is 1.17 bits per heavy atom. The quantitative estimate of drug-likeness (QED) is 0.736. The highest BCUT2D eigenvalue weighted by Crippen LogP contribution is 2.28. The van der Waals surface area contributed by atoms with Crippen LogP contribution in [0.25, 0.3) is 10.9 Å². The minimum Gasteiger partial charge on any atom is -0.355 e. The first kappa shape index (κ1) is 13.2. The average molecular weight is 316 g/mol. The summed E-state index contributed by atoms with van der Waals surface area (Å²) in [6.07, 6.45) is 0. The van der Waals surface area contributed by atoms with E-state index < -0.39 is 17.1 Å². The van der Waals surface area contributed by atoms with Gasteiger partial charge in [0.15, 0.2) is 5.43 Å². The smallest absolute Gasteiger partial charge is 0.191 e. The molecule has 0 amide bonds. The molecule has 2 nitrogen and oxygen atoms in total. The van der Waals surface area contributed by atoms with E-state index in [0.29, 0.717) is 5.69 Å². The fourth-order valence-corrected chi connectivity index (χ4v) is 2.24. The molecule has 1 heterocycles. The highest BCUT2D eigenvalue weighted by Gasteiger charge is 2.20. The van der Waals surface area contributed by atoms with Crippen molar-refractivity contribution >= 4 is 26.8 Å². The van der Waals surface area contributed by atoms with Gasteiger partial charge in [-0.3, -0.25) is 4.79 Å². The highest BCUT2D eigenvalue weighted by molar-refractivity contribution is 9.10. The summed E-state index contributed by atoms with van der Waals surface area (Å²) in [6.45, 7) is 5.71. The van der Waals surface area contributed by atoms with Crippen molar-refractivity contribution in [1.29, 1.82) is 0 Å². The van der Waals surface area contributed by atoms with E-state index in [0.717, 1.165) is 6.07 Å². The van der Waals surface area contributed by atoms with Gasteiger partial charge in [0.05, 0.1) is 15.4 Å². The van der Waals surface area contributed by atoms with Crippen molar-refractivity contribution in [2.45, 2.75) is 26.2 Å². The van der Waals surface area contributed by atoms with Crippen LogP contribution in [-0.2, 0) is 5.41 Å². The molecule has 0 saturated heterocycles. The van der Waals surface area contributed by atoms with Gasteiger partial charge in [0.1, 0.15) is 11.6 Å². The van der Waals surface area contributed by atoms with E-state index >= 15 is 0 Å². The van der Waals surface area contributed by atoms with Crippen molar-refractivity contribution in [3.05, 3.63) is 44.2 Å². The van der Waals surface area contributed by atoms with Gasteiger partial charge in [-0.1, -0.05) is 20.8 Å². The molecular formula is C13H12BrF2NO. The Kier molecular flexibility index (Phi) is 3.05. The van der Waals surface area contributed by atoms with Crippen LogP contribution < -0.4 is 5.43 Å². The van der Waals surface area contributed by atoms with Gasteiger partial charge in [-0.05, 0) is 15.9 Å². The van der Waals surface area contributed by atoms with Crippen LogP contribution in [-0.4, -0.2) is 4.98 Å². The van der Waals surface area contributed by atoms with Crippen LogP contribution in [0.5, 0.6) is 0 Å². The molecule has 0 aliphatic heterocycles. The zero-order chi connectivity index (χ0) is 13.7. The van der Waals surface area contributed by atoms with E-state index in [1.165, 1.54) is 6.07 Å². The number of aromatic nitrogens is 1. The predicted octanol–water partition coefficient (Wildman–Crippen LogP) is 3.87. The molecule has 0 fully saturated rings. The zero-order valence-electron chi connectivity index (χ0n) is 10.2. The Labute approximate surface area is 111 Å². The van der Waals surface area contributed by atoms with Crippen molar-refractivity contribution in [3.8, 4) is 0 Å². The van der Waals surface area contributed by atoms with Crippen LogP contribution >= 0.6 is 15.9 Å². The van der Waals surface area contributed by atoms with E-state index in [1.54, 1.807) is 0 Å². The van der Waals surface area contributed by atoms with E-state index in [1.807, 2.05) is 20.8 Å². The molecule has 5 heteroatoms. The molecule has 1 aromatic carbocycles. The second kappa shape index (κ2) is 4.16. The zero-order valence-corrected chi connectivity index (χ0v) is 11.8. The molecule has 0 saturated carbocycles. The number of nitrogens with one attached hydrogen (secondary N) is 1. The normalized spacial score (nSPS) is 12.1. The lowest BCUT2D eigenvalue weighted by Gasteiger charge is -2.19. The molecule has 0 radical (unpaired) electrons. The molecule has 0 aliphatic carbocycles. The third kappa shape index (κ3) is 2.07. The Bertz CT molecular complexity index is 686. The number of fused-ring (bicyclic) bond motifs is 1. The third-order valence-electron chi connectivity index (χ3n) is 2.76. The van der Waals surface area contributed by atoms with Gasteiger partial charge in [0.2, 0.25) is 0 Å². The largest absolute Gasteiger partial charge is 0.355 e. The Balaban J connectivity index is 2.96. The lowest BCUT2D eigenvalue weighted by Crippen LogP contribution is -2.18. The number of rotatable bonds is 0. The van der Waals surface area contributed by atoms with E-state index in [-0.39, 0.29) is 20.8 Å². The second-order valence-electron chi connectivity index (χ2n) is 5.20. The Morgan fingerprint density at radius 2 is 1.78 bits per heavy atom.